The highest BCUT2D eigenvalue weighted by atomic mass is 31.2. The molecule has 0 rings (SSSR count). The number of unbranched alkanes of at least 4 members (excludes halogenated alkanes) is 15. The maximum atomic E-state index is 12.5. The summed E-state index contributed by atoms with van der Waals surface area (Å²) in [7, 11) is 2.28. The van der Waals surface area contributed by atoms with Gasteiger partial charge in [-0.3, -0.25) is 4.57 Å². The van der Waals surface area contributed by atoms with E-state index in [1.165, 1.54) is 89.9 Å². The van der Waals surface area contributed by atoms with Gasteiger partial charge in [-0.1, -0.05) is 95.9 Å². The molecule has 0 aromatic rings. The third-order valence-corrected chi connectivity index (χ3v) is 9.09. The van der Waals surface area contributed by atoms with Gasteiger partial charge in [0, 0.05) is 6.42 Å². The molecule has 0 saturated carbocycles. The standard InChI is InChI=1S/C30H60NO3P/c1-6-8-9-10-11-12-13-14-15-16-17-18-19-20-21-22-23-24-25-26-27-28-29-34-35(32,33)30(7-2)31(3,4)5/h11-12,23-24,30H,6-10,13-22,25-29H2,1-5H3/p+1. The molecular weight excluding hydrogens is 453 g/mol. The second kappa shape index (κ2) is 22.8. The Morgan fingerprint density at radius 3 is 1.40 bits per heavy atom. The minimum atomic E-state index is -3.57. The predicted octanol–water partition coefficient (Wildman–Crippen LogP) is 9.78. The lowest BCUT2D eigenvalue weighted by Gasteiger charge is -2.35. The molecule has 35 heavy (non-hydrogen) atoms. The topological polar surface area (TPSA) is 46.5 Å². The SMILES string of the molecule is CCCCCC=CCCCCCCCCCCC=CCCCCCOP(=O)(O)C(CC)[N+](C)(C)C. The second-order valence-electron chi connectivity index (χ2n) is 11.1. The second-order valence-corrected chi connectivity index (χ2v) is 13.1. The molecule has 0 aliphatic rings. The average Bonchev–Trinajstić information content (AvgIpc) is 2.78. The van der Waals surface area contributed by atoms with E-state index in [-0.39, 0.29) is 5.78 Å². The number of nitrogens with zero attached hydrogens (tertiary/aromatic N) is 1. The van der Waals surface area contributed by atoms with E-state index in [1.807, 2.05) is 28.1 Å². The Labute approximate surface area is 219 Å². The lowest BCUT2D eigenvalue weighted by atomic mass is 10.1. The summed E-state index contributed by atoms with van der Waals surface area (Å²) in [4.78, 5) is 10.3. The third-order valence-electron chi connectivity index (χ3n) is 6.73. The van der Waals surface area contributed by atoms with Crippen LogP contribution >= 0.6 is 7.60 Å². The first-order chi connectivity index (χ1) is 16.8. The van der Waals surface area contributed by atoms with Crippen molar-refractivity contribution in [2.75, 3.05) is 27.7 Å². The van der Waals surface area contributed by atoms with Gasteiger partial charge in [-0.25, -0.2) is 0 Å². The molecule has 0 aliphatic carbocycles. The van der Waals surface area contributed by atoms with Crippen molar-refractivity contribution in [2.24, 2.45) is 0 Å². The molecule has 2 unspecified atom stereocenters. The summed E-state index contributed by atoms with van der Waals surface area (Å²) in [5.41, 5.74) is 0. The van der Waals surface area contributed by atoms with E-state index < -0.39 is 7.60 Å². The van der Waals surface area contributed by atoms with E-state index in [0.717, 1.165) is 25.7 Å². The van der Waals surface area contributed by atoms with Gasteiger partial charge in [0.25, 0.3) is 0 Å². The largest absolute Gasteiger partial charge is 0.385 e. The van der Waals surface area contributed by atoms with Crippen LogP contribution in [0.3, 0.4) is 0 Å². The normalized spacial score (nSPS) is 15.3. The van der Waals surface area contributed by atoms with Crippen molar-refractivity contribution in [3.05, 3.63) is 24.3 Å². The summed E-state index contributed by atoms with van der Waals surface area (Å²) in [6.07, 6.45) is 32.9. The van der Waals surface area contributed by atoms with Gasteiger partial charge >= 0.3 is 7.60 Å². The van der Waals surface area contributed by atoms with Crippen molar-refractivity contribution in [3.63, 3.8) is 0 Å². The zero-order valence-corrected chi connectivity index (χ0v) is 25.1. The third kappa shape index (κ3) is 21.4. The first-order valence-corrected chi connectivity index (χ1v) is 16.5. The number of hydrogen-bond donors (Lipinski definition) is 1. The molecule has 0 aromatic heterocycles. The van der Waals surface area contributed by atoms with Gasteiger partial charge in [-0.2, -0.15) is 0 Å². The van der Waals surface area contributed by atoms with Gasteiger partial charge in [-0.05, 0) is 57.8 Å². The Bertz CT molecular complexity index is 568. The van der Waals surface area contributed by atoms with Crippen LogP contribution in [-0.2, 0) is 9.09 Å². The Balaban J connectivity index is 3.45. The van der Waals surface area contributed by atoms with E-state index in [4.69, 9.17) is 4.52 Å². The monoisotopic (exact) mass is 514 g/mol. The first kappa shape index (κ1) is 34.6. The van der Waals surface area contributed by atoms with Crippen LogP contribution in [0.25, 0.3) is 0 Å². The summed E-state index contributed by atoms with van der Waals surface area (Å²) in [6, 6.07) is 0. The van der Waals surface area contributed by atoms with Crippen molar-refractivity contribution in [3.8, 4) is 0 Å². The Kier molecular flexibility index (Phi) is 22.5. The lowest BCUT2D eigenvalue weighted by molar-refractivity contribution is -0.883. The van der Waals surface area contributed by atoms with E-state index in [9.17, 15) is 9.46 Å². The molecule has 0 aliphatic heterocycles. The van der Waals surface area contributed by atoms with Crippen LogP contribution in [0.15, 0.2) is 24.3 Å². The lowest BCUT2D eigenvalue weighted by Crippen LogP contribution is -2.44. The molecule has 0 spiro atoms. The summed E-state index contributed by atoms with van der Waals surface area (Å²) in [6.45, 7) is 4.59. The smallest absolute Gasteiger partial charge is 0.320 e. The van der Waals surface area contributed by atoms with E-state index in [1.54, 1.807) is 0 Å². The van der Waals surface area contributed by atoms with Crippen LogP contribution in [0.1, 0.15) is 136 Å². The molecular formula is C30H61NO3P+. The van der Waals surface area contributed by atoms with Crippen molar-refractivity contribution in [1.29, 1.82) is 0 Å². The summed E-state index contributed by atoms with van der Waals surface area (Å²) in [5.74, 6) is -0.359. The maximum absolute atomic E-state index is 12.5. The molecule has 1 N–H and O–H groups in total. The van der Waals surface area contributed by atoms with Crippen LogP contribution in [0.2, 0.25) is 0 Å². The summed E-state index contributed by atoms with van der Waals surface area (Å²) >= 11 is 0. The molecule has 0 fully saturated rings. The van der Waals surface area contributed by atoms with Crippen molar-refractivity contribution < 1.29 is 18.5 Å². The van der Waals surface area contributed by atoms with Gasteiger partial charge in [0.15, 0.2) is 5.78 Å². The highest BCUT2D eigenvalue weighted by molar-refractivity contribution is 7.53. The van der Waals surface area contributed by atoms with Crippen LogP contribution in [0, 0.1) is 0 Å². The van der Waals surface area contributed by atoms with Crippen LogP contribution < -0.4 is 0 Å². The van der Waals surface area contributed by atoms with Crippen LogP contribution in [-0.4, -0.2) is 42.9 Å². The van der Waals surface area contributed by atoms with Gasteiger partial charge in [0.05, 0.1) is 27.7 Å². The Morgan fingerprint density at radius 1 is 0.657 bits per heavy atom. The minimum Gasteiger partial charge on any atom is -0.320 e. The number of allylic oxidation sites excluding steroid dienone is 4. The molecule has 4 nitrogen and oxygen atoms in total. The van der Waals surface area contributed by atoms with E-state index in [0.29, 0.717) is 17.5 Å². The quantitative estimate of drug-likeness (QED) is 0.0570. The zero-order chi connectivity index (χ0) is 26.3. The molecule has 0 saturated heterocycles. The first-order valence-electron chi connectivity index (χ1n) is 14.8. The Hall–Kier alpha value is -0.410. The molecule has 0 radical (unpaired) electrons. The fraction of sp³-hybridized carbons (Fsp3) is 0.867. The molecule has 208 valence electrons. The van der Waals surface area contributed by atoms with E-state index >= 15 is 0 Å². The van der Waals surface area contributed by atoms with Crippen molar-refractivity contribution >= 4 is 7.60 Å². The summed E-state index contributed by atoms with van der Waals surface area (Å²) in [5, 5.41) is 0. The van der Waals surface area contributed by atoms with Gasteiger partial charge in [-0.15, -0.1) is 0 Å². The van der Waals surface area contributed by atoms with Crippen LogP contribution in [0.4, 0.5) is 0 Å². The molecule has 0 amide bonds. The fourth-order valence-electron chi connectivity index (χ4n) is 4.61. The average molecular weight is 515 g/mol. The summed E-state index contributed by atoms with van der Waals surface area (Å²) < 4.78 is 18.4. The highest BCUT2D eigenvalue weighted by Crippen LogP contribution is 2.51. The molecule has 2 atom stereocenters. The molecule has 0 bridgehead atoms. The van der Waals surface area contributed by atoms with Gasteiger partial charge in [0.2, 0.25) is 0 Å². The predicted molar refractivity (Wildman–Crippen MR) is 155 cm³/mol. The fourth-order valence-corrected chi connectivity index (χ4v) is 6.51. The molecule has 5 heteroatoms. The minimum absolute atomic E-state index is 0.359. The Morgan fingerprint density at radius 2 is 1.03 bits per heavy atom. The number of rotatable bonds is 25. The maximum Gasteiger partial charge on any atom is 0.385 e. The zero-order valence-electron chi connectivity index (χ0n) is 24.2. The molecule has 0 heterocycles. The number of quaternary nitrogens is 1. The van der Waals surface area contributed by atoms with Gasteiger partial charge in [0.1, 0.15) is 0 Å². The van der Waals surface area contributed by atoms with Gasteiger partial charge < -0.3 is 13.9 Å². The van der Waals surface area contributed by atoms with E-state index in [2.05, 4.69) is 31.2 Å². The highest BCUT2D eigenvalue weighted by Gasteiger charge is 2.41. The van der Waals surface area contributed by atoms with Crippen molar-refractivity contribution in [1.82, 2.24) is 0 Å². The number of hydrogen-bond acceptors (Lipinski definition) is 2. The molecule has 0 aromatic carbocycles. The van der Waals surface area contributed by atoms with Crippen LogP contribution in [0.5, 0.6) is 0 Å². The van der Waals surface area contributed by atoms with Crippen molar-refractivity contribution in [2.45, 2.75) is 142 Å².